The lowest BCUT2D eigenvalue weighted by Gasteiger charge is -2.24. The number of carbonyl (C=O) groups is 2. The van der Waals surface area contributed by atoms with Crippen LogP contribution in [0.25, 0.3) is 0 Å². The number of rotatable bonds is 4. The minimum absolute atomic E-state index is 0.159. The second kappa shape index (κ2) is 8.04. The van der Waals surface area contributed by atoms with Crippen LogP contribution < -0.4 is 5.32 Å². The molecule has 5 heteroatoms. The van der Waals surface area contributed by atoms with E-state index >= 15 is 0 Å². The third-order valence-corrected chi connectivity index (χ3v) is 4.86. The van der Waals surface area contributed by atoms with E-state index in [4.69, 9.17) is 4.74 Å². The van der Waals surface area contributed by atoms with E-state index in [1.165, 1.54) is 4.90 Å². The maximum Gasteiger partial charge on any atom is 0.410 e. The summed E-state index contributed by atoms with van der Waals surface area (Å²) in [7, 11) is 0. The third-order valence-electron chi connectivity index (χ3n) is 4.86. The van der Waals surface area contributed by atoms with E-state index < -0.39 is 12.1 Å². The summed E-state index contributed by atoms with van der Waals surface area (Å²) in [6, 6.07) is 14.8. The maximum atomic E-state index is 12.7. The van der Waals surface area contributed by atoms with Crippen LogP contribution in [0.15, 0.2) is 48.5 Å². The van der Waals surface area contributed by atoms with Gasteiger partial charge in [0.25, 0.3) is 0 Å². The number of anilines is 1. The summed E-state index contributed by atoms with van der Waals surface area (Å²) in [6.07, 6.45) is 1.01. The summed E-state index contributed by atoms with van der Waals surface area (Å²) in [4.78, 5) is 26.7. The van der Waals surface area contributed by atoms with Crippen LogP contribution in [0.1, 0.15) is 29.5 Å². The highest BCUT2D eigenvalue weighted by atomic mass is 16.6. The summed E-state index contributed by atoms with van der Waals surface area (Å²) >= 11 is 0. The van der Waals surface area contributed by atoms with Crippen molar-refractivity contribution in [2.24, 2.45) is 0 Å². The predicted octanol–water partition coefficient (Wildman–Crippen LogP) is 4.04. The molecule has 0 unspecified atom stereocenters. The number of nitrogens with zero attached hydrogens (tertiary/aromatic N) is 1. The molecule has 1 saturated heterocycles. The van der Waals surface area contributed by atoms with Crippen molar-refractivity contribution in [2.45, 2.75) is 39.3 Å². The van der Waals surface area contributed by atoms with Crippen LogP contribution in [-0.2, 0) is 16.1 Å². The van der Waals surface area contributed by atoms with Gasteiger partial charge in [-0.25, -0.2) is 4.79 Å². The van der Waals surface area contributed by atoms with Gasteiger partial charge >= 0.3 is 6.09 Å². The number of likely N-dealkylation sites (tertiary alicyclic amines) is 1. The minimum atomic E-state index is -0.488. The topological polar surface area (TPSA) is 58.6 Å². The number of hydrogen-bond acceptors (Lipinski definition) is 3. The van der Waals surface area contributed by atoms with E-state index in [0.29, 0.717) is 13.0 Å². The van der Waals surface area contributed by atoms with Gasteiger partial charge in [-0.2, -0.15) is 0 Å². The molecule has 0 bridgehead atoms. The summed E-state index contributed by atoms with van der Waals surface area (Å²) in [5, 5.41) is 2.96. The Morgan fingerprint density at radius 3 is 2.65 bits per heavy atom. The number of carbonyl (C=O) groups excluding carboxylic acids is 2. The Hall–Kier alpha value is -2.82. The van der Waals surface area contributed by atoms with E-state index in [1.54, 1.807) is 0 Å². The highest BCUT2D eigenvalue weighted by molar-refractivity contribution is 5.97. The molecular weight excluding hydrogens is 328 g/mol. The zero-order chi connectivity index (χ0) is 18.5. The van der Waals surface area contributed by atoms with Gasteiger partial charge in [0, 0.05) is 12.2 Å². The highest BCUT2D eigenvalue weighted by Crippen LogP contribution is 2.23. The van der Waals surface area contributed by atoms with Crippen molar-refractivity contribution >= 4 is 17.7 Å². The van der Waals surface area contributed by atoms with Gasteiger partial charge in [-0.3, -0.25) is 9.69 Å². The number of nitrogens with one attached hydrogen (secondary N) is 1. The first-order valence-corrected chi connectivity index (χ1v) is 8.90. The third kappa shape index (κ3) is 4.04. The van der Waals surface area contributed by atoms with Crippen LogP contribution in [0.4, 0.5) is 10.5 Å². The van der Waals surface area contributed by atoms with E-state index in [-0.39, 0.29) is 12.5 Å². The number of amides is 2. The molecule has 2 aromatic carbocycles. The summed E-state index contributed by atoms with van der Waals surface area (Å²) in [6.45, 7) is 4.74. The van der Waals surface area contributed by atoms with Crippen molar-refractivity contribution in [3.63, 3.8) is 0 Å². The smallest absolute Gasteiger partial charge is 0.410 e. The molecule has 26 heavy (non-hydrogen) atoms. The fourth-order valence-corrected chi connectivity index (χ4v) is 3.16. The van der Waals surface area contributed by atoms with E-state index in [0.717, 1.165) is 28.8 Å². The Labute approximate surface area is 154 Å². The van der Waals surface area contributed by atoms with Gasteiger partial charge in [-0.15, -0.1) is 0 Å². The summed E-state index contributed by atoms with van der Waals surface area (Å²) in [5.41, 5.74) is 3.88. The Morgan fingerprint density at radius 2 is 1.88 bits per heavy atom. The maximum absolute atomic E-state index is 12.7. The van der Waals surface area contributed by atoms with Crippen molar-refractivity contribution in [3.05, 3.63) is 65.2 Å². The Kier molecular flexibility index (Phi) is 5.56. The first-order valence-electron chi connectivity index (χ1n) is 8.90. The molecule has 1 aliphatic rings. The molecule has 5 nitrogen and oxygen atoms in total. The molecule has 3 rings (SSSR count). The lowest BCUT2D eigenvalue weighted by Crippen LogP contribution is -2.43. The summed E-state index contributed by atoms with van der Waals surface area (Å²) in [5.74, 6) is -0.159. The largest absolute Gasteiger partial charge is 0.445 e. The molecule has 1 heterocycles. The Morgan fingerprint density at radius 1 is 1.12 bits per heavy atom. The number of hydrogen-bond donors (Lipinski definition) is 1. The molecule has 1 N–H and O–H groups in total. The van der Waals surface area contributed by atoms with Crippen LogP contribution >= 0.6 is 0 Å². The van der Waals surface area contributed by atoms with Crippen LogP contribution in [-0.4, -0.2) is 29.5 Å². The zero-order valence-corrected chi connectivity index (χ0v) is 15.2. The summed E-state index contributed by atoms with van der Waals surface area (Å²) < 4.78 is 5.39. The van der Waals surface area contributed by atoms with Crippen LogP contribution in [0.2, 0.25) is 0 Å². The van der Waals surface area contributed by atoms with Crippen molar-refractivity contribution < 1.29 is 14.3 Å². The quantitative estimate of drug-likeness (QED) is 0.903. The molecule has 136 valence electrons. The SMILES string of the molecule is Cc1cccc(NC(=O)[C@@H]2CCCN2C(=O)OCc2ccccc2)c1C. The molecule has 1 fully saturated rings. The van der Waals surface area contributed by atoms with Gasteiger partial charge in [0.05, 0.1) is 0 Å². The van der Waals surface area contributed by atoms with Gasteiger partial charge in [0.2, 0.25) is 5.91 Å². The van der Waals surface area contributed by atoms with E-state index in [1.807, 2.05) is 62.4 Å². The molecule has 1 atom stereocenters. The molecular formula is C21H24N2O3. The minimum Gasteiger partial charge on any atom is -0.445 e. The first kappa shape index (κ1) is 18.0. The molecule has 1 aliphatic heterocycles. The van der Waals surface area contributed by atoms with Crippen LogP contribution in [0, 0.1) is 13.8 Å². The second-order valence-electron chi connectivity index (χ2n) is 6.63. The molecule has 0 radical (unpaired) electrons. The lowest BCUT2D eigenvalue weighted by molar-refractivity contribution is -0.120. The normalized spacial score (nSPS) is 16.4. The van der Waals surface area contributed by atoms with Crippen molar-refractivity contribution in [1.29, 1.82) is 0 Å². The fourth-order valence-electron chi connectivity index (χ4n) is 3.16. The fraction of sp³-hybridized carbons (Fsp3) is 0.333. The molecule has 0 aliphatic carbocycles. The zero-order valence-electron chi connectivity index (χ0n) is 15.2. The van der Waals surface area contributed by atoms with Gasteiger partial charge in [-0.05, 0) is 49.4 Å². The van der Waals surface area contributed by atoms with Gasteiger partial charge in [0.15, 0.2) is 0 Å². The Balaban J connectivity index is 1.62. The predicted molar refractivity (Wildman–Crippen MR) is 101 cm³/mol. The van der Waals surface area contributed by atoms with E-state index in [9.17, 15) is 9.59 Å². The van der Waals surface area contributed by atoms with Crippen molar-refractivity contribution in [1.82, 2.24) is 4.90 Å². The average molecular weight is 352 g/mol. The van der Waals surface area contributed by atoms with Crippen LogP contribution in [0.3, 0.4) is 0 Å². The highest BCUT2D eigenvalue weighted by Gasteiger charge is 2.35. The standard InChI is InChI=1S/C21H24N2O3/c1-15-8-6-11-18(16(15)2)22-20(24)19-12-7-13-23(19)21(25)26-14-17-9-4-3-5-10-17/h3-6,8-11,19H,7,12-14H2,1-2H3,(H,22,24)/t19-/m0/s1. The lowest BCUT2D eigenvalue weighted by atomic mass is 10.1. The van der Waals surface area contributed by atoms with Gasteiger partial charge in [0.1, 0.15) is 12.6 Å². The molecule has 0 spiro atoms. The number of ether oxygens (including phenoxy) is 1. The second-order valence-corrected chi connectivity index (χ2v) is 6.63. The monoisotopic (exact) mass is 352 g/mol. The van der Waals surface area contributed by atoms with Crippen molar-refractivity contribution in [2.75, 3.05) is 11.9 Å². The molecule has 0 aromatic heterocycles. The molecule has 2 amide bonds. The van der Waals surface area contributed by atoms with Gasteiger partial charge in [-0.1, -0.05) is 42.5 Å². The van der Waals surface area contributed by atoms with E-state index in [2.05, 4.69) is 5.32 Å². The van der Waals surface area contributed by atoms with Crippen molar-refractivity contribution in [3.8, 4) is 0 Å². The Bertz CT molecular complexity index is 789. The first-order chi connectivity index (χ1) is 12.6. The van der Waals surface area contributed by atoms with Crippen LogP contribution in [0.5, 0.6) is 0 Å². The average Bonchev–Trinajstić information content (AvgIpc) is 3.14. The molecule has 0 saturated carbocycles. The number of aryl methyl sites for hydroxylation is 1. The number of benzene rings is 2. The molecule has 2 aromatic rings. The van der Waals surface area contributed by atoms with Gasteiger partial charge < -0.3 is 10.1 Å².